The molecule has 0 unspecified atom stereocenters. The Morgan fingerprint density at radius 3 is 1.96 bits per heavy atom. The number of nitrogens with one attached hydrogen (secondary N) is 1. The topological polar surface area (TPSA) is 46.2 Å². The third kappa shape index (κ3) is 5.47. The van der Waals surface area contributed by atoms with Gasteiger partial charge in [0.1, 0.15) is 0 Å². The van der Waals surface area contributed by atoms with Crippen LogP contribution in [0.3, 0.4) is 0 Å². The fraction of sp³-hybridized carbons (Fsp3) is 0.619. The second kappa shape index (κ2) is 10.3. The Hall–Kier alpha value is -1.64. The van der Waals surface area contributed by atoms with E-state index in [-0.39, 0.29) is 11.8 Å². The van der Waals surface area contributed by atoms with Gasteiger partial charge in [0.15, 0.2) is 0 Å². The van der Waals surface area contributed by atoms with E-state index in [0.29, 0.717) is 11.1 Å². The number of carbonyl (C=O) groups is 2. The highest BCUT2D eigenvalue weighted by molar-refractivity contribution is 6.22. The lowest BCUT2D eigenvalue weighted by molar-refractivity contribution is 0.0879. The van der Waals surface area contributed by atoms with E-state index in [9.17, 15) is 9.59 Å². The summed E-state index contributed by atoms with van der Waals surface area (Å²) in [6.07, 6.45) is 15.4. The molecule has 1 aliphatic rings. The summed E-state index contributed by atoms with van der Waals surface area (Å²) in [7, 11) is 0. The number of hydrogen-bond acceptors (Lipinski definition) is 2. The zero-order chi connectivity index (χ0) is 17.2. The van der Waals surface area contributed by atoms with Gasteiger partial charge in [0, 0.05) is 0 Å². The number of carbonyl (C=O) groups excluding carboxylic acids is 2. The van der Waals surface area contributed by atoms with Crippen LogP contribution < -0.4 is 5.32 Å². The first-order valence-electron chi connectivity index (χ1n) is 9.71. The molecule has 3 heteroatoms. The van der Waals surface area contributed by atoms with E-state index in [1.54, 1.807) is 6.07 Å². The monoisotopic (exact) mass is 329 g/mol. The minimum Gasteiger partial charge on any atom is -0.288 e. The Bertz CT molecular complexity index is 551. The van der Waals surface area contributed by atoms with Gasteiger partial charge >= 0.3 is 0 Å². The number of amides is 2. The van der Waals surface area contributed by atoms with Crippen molar-refractivity contribution in [2.24, 2.45) is 0 Å². The van der Waals surface area contributed by atoms with E-state index in [1.165, 1.54) is 64.2 Å². The van der Waals surface area contributed by atoms with Gasteiger partial charge in [-0.3, -0.25) is 14.9 Å². The van der Waals surface area contributed by atoms with Crippen LogP contribution in [0, 0.1) is 0 Å². The number of hydrogen-bond donors (Lipinski definition) is 1. The second-order valence-corrected chi connectivity index (χ2v) is 6.91. The highest BCUT2D eigenvalue weighted by Crippen LogP contribution is 2.22. The van der Waals surface area contributed by atoms with E-state index in [2.05, 4.69) is 12.2 Å². The zero-order valence-electron chi connectivity index (χ0n) is 15.0. The van der Waals surface area contributed by atoms with Crippen LogP contribution in [0.4, 0.5) is 0 Å². The maximum Gasteiger partial charge on any atom is 0.259 e. The van der Waals surface area contributed by atoms with Gasteiger partial charge in [-0.25, -0.2) is 0 Å². The van der Waals surface area contributed by atoms with E-state index in [1.807, 2.05) is 12.1 Å². The standard InChI is InChI=1S/C21H31NO2/c1-2-3-4-5-6-7-8-9-10-11-12-14-17-15-13-16-18-19(17)21(24)22-20(18)23/h13,15-16H,2-12,14H2,1H3,(H,22,23,24). The lowest BCUT2D eigenvalue weighted by Crippen LogP contribution is -2.20. The quantitative estimate of drug-likeness (QED) is 0.411. The first-order chi connectivity index (χ1) is 11.7. The van der Waals surface area contributed by atoms with Crippen LogP contribution in [0.5, 0.6) is 0 Å². The highest BCUT2D eigenvalue weighted by Gasteiger charge is 2.28. The lowest BCUT2D eigenvalue weighted by Gasteiger charge is -2.06. The van der Waals surface area contributed by atoms with Crippen molar-refractivity contribution in [1.82, 2.24) is 5.32 Å². The summed E-state index contributed by atoms with van der Waals surface area (Å²) >= 11 is 0. The number of aryl methyl sites for hydroxylation is 1. The Morgan fingerprint density at radius 2 is 1.33 bits per heavy atom. The number of unbranched alkanes of at least 4 members (excludes halogenated alkanes) is 10. The molecule has 2 rings (SSSR count). The van der Waals surface area contributed by atoms with Crippen molar-refractivity contribution in [3.05, 3.63) is 34.9 Å². The molecule has 24 heavy (non-hydrogen) atoms. The Morgan fingerprint density at radius 1 is 0.750 bits per heavy atom. The summed E-state index contributed by atoms with van der Waals surface area (Å²) in [4.78, 5) is 23.5. The molecule has 132 valence electrons. The SMILES string of the molecule is CCCCCCCCCCCCCc1cccc2c1C(=O)NC2=O. The maximum atomic E-state index is 11.9. The average molecular weight is 329 g/mol. The lowest BCUT2D eigenvalue weighted by atomic mass is 9.97. The molecule has 0 bridgehead atoms. The van der Waals surface area contributed by atoms with E-state index >= 15 is 0 Å². The summed E-state index contributed by atoms with van der Waals surface area (Å²) in [5, 5.41) is 2.39. The zero-order valence-corrected chi connectivity index (χ0v) is 15.0. The van der Waals surface area contributed by atoms with E-state index < -0.39 is 0 Å². The first kappa shape index (κ1) is 18.7. The summed E-state index contributed by atoms with van der Waals surface area (Å²) in [5.74, 6) is -0.482. The van der Waals surface area contributed by atoms with Crippen LogP contribution in [0.25, 0.3) is 0 Å². The van der Waals surface area contributed by atoms with Crippen molar-refractivity contribution in [3.8, 4) is 0 Å². The second-order valence-electron chi connectivity index (χ2n) is 6.91. The molecule has 0 fully saturated rings. The van der Waals surface area contributed by atoms with Gasteiger partial charge in [-0.15, -0.1) is 0 Å². The molecule has 1 heterocycles. The minimum absolute atomic E-state index is 0.228. The molecule has 0 atom stereocenters. The van der Waals surface area contributed by atoms with Gasteiger partial charge in [-0.05, 0) is 24.5 Å². The minimum atomic E-state index is -0.254. The molecule has 1 N–H and O–H groups in total. The number of imide groups is 1. The van der Waals surface area contributed by atoms with Gasteiger partial charge in [-0.1, -0.05) is 83.3 Å². The first-order valence-corrected chi connectivity index (χ1v) is 9.71. The molecule has 1 aromatic rings. The summed E-state index contributed by atoms with van der Waals surface area (Å²) in [6, 6.07) is 5.60. The summed E-state index contributed by atoms with van der Waals surface area (Å²) in [6.45, 7) is 2.26. The molecule has 0 radical (unpaired) electrons. The highest BCUT2D eigenvalue weighted by atomic mass is 16.2. The number of fused-ring (bicyclic) bond motifs is 1. The third-order valence-corrected chi connectivity index (χ3v) is 4.90. The smallest absolute Gasteiger partial charge is 0.259 e. The van der Waals surface area contributed by atoms with Crippen LogP contribution in [0.1, 0.15) is 104 Å². The van der Waals surface area contributed by atoms with Gasteiger partial charge in [-0.2, -0.15) is 0 Å². The number of rotatable bonds is 12. The van der Waals surface area contributed by atoms with E-state index in [0.717, 1.165) is 18.4 Å². The summed E-state index contributed by atoms with van der Waals surface area (Å²) in [5.41, 5.74) is 2.17. The third-order valence-electron chi connectivity index (χ3n) is 4.90. The van der Waals surface area contributed by atoms with Crippen LogP contribution in [-0.2, 0) is 6.42 Å². The van der Waals surface area contributed by atoms with Crippen LogP contribution in [-0.4, -0.2) is 11.8 Å². The van der Waals surface area contributed by atoms with Crippen molar-refractivity contribution in [1.29, 1.82) is 0 Å². The largest absolute Gasteiger partial charge is 0.288 e. The fourth-order valence-electron chi connectivity index (χ4n) is 3.48. The average Bonchev–Trinajstić information content (AvgIpc) is 2.88. The van der Waals surface area contributed by atoms with Crippen molar-refractivity contribution in [2.75, 3.05) is 0 Å². The summed E-state index contributed by atoms with van der Waals surface area (Å²) < 4.78 is 0. The molecule has 0 saturated carbocycles. The van der Waals surface area contributed by atoms with Gasteiger partial charge in [0.2, 0.25) is 0 Å². The maximum absolute atomic E-state index is 11.9. The van der Waals surface area contributed by atoms with Crippen LogP contribution in [0.15, 0.2) is 18.2 Å². The molecular formula is C21H31NO2. The predicted molar refractivity (Wildman–Crippen MR) is 98.4 cm³/mol. The molecule has 0 saturated heterocycles. The molecule has 2 amide bonds. The van der Waals surface area contributed by atoms with Gasteiger partial charge in [0.25, 0.3) is 11.8 Å². The van der Waals surface area contributed by atoms with Gasteiger partial charge in [0.05, 0.1) is 11.1 Å². The molecular weight excluding hydrogens is 298 g/mol. The van der Waals surface area contributed by atoms with Crippen LogP contribution in [0.2, 0.25) is 0 Å². The van der Waals surface area contributed by atoms with Crippen LogP contribution >= 0.6 is 0 Å². The van der Waals surface area contributed by atoms with Crippen molar-refractivity contribution in [2.45, 2.75) is 84.0 Å². The van der Waals surface area contributed by atoms with E-state index in [4.69, 9.17) is 0 Å². The Balaban J connectivity index is 1.58. The van der Waals surface area contributed by atoms with Crippen molar-refractivity contribution in [3.63, 3.8) is 0 Å². The van der Waals surface area contributed by atoms with Crippen molar-refractivity contribution < 1.29 is 9.59 Å². The van der Waals surface area contributed by atoms with Gasteiger partial charge < -0.3 is 0 Å². The molecule has 1 aromatic carbocycles. The predicted octanol–water partition coefficient (Wildman–Crippen LogP) is 5.42. The Labute approximate surface area is 146 Å². The molecule has 0 aromatic heterocycles. The molecule has 0 aliphatic carbocycles. The van der Waals surface area contributed by atoms with Crippen molar-refractivity contribution >= 4 is 11.8 Å². The normalized spacial score (nSPS) is 13.2. The Kier molecular flexibility index (Phi) is 8.00. The molecule has 0 spiro atoms. The fourth-order valence-corrected chi connectivity index (χ4v) is 3.48. The number of benzene rings is 1. The molecule has 3 nitrogen and oxygen atoms in total. The molecule has 1 aliphatic heterocycles.